The van der Waals surface area contributed by atoms with Gasteiger partial charge in [0.15, 0.2) is 0 Å². The van der Waals surface area contributed by atoms with Crippen LogP contribution in [0.25, 0.3) is 0 Å². The van der Waals surface area contributed by atoms with E-state index >= 15 is 0 Å². The minimum atomic E-state index is -4.57. The second-order valence-electron chi connectivity index (χ2n) is 7.59. The first-order valence-corrected chi connectivity index (χ1v) is 8.69. The van der Waals surface area contributed by atoms with E-state index in [1.807, 2.05) is 19.9 Å². The largest absolute Gasteiger partial charge is 0.449 e. The van der Waals surface area contributed by atoms with Gasteiger partial charge in [-0.3, -0.25) is 4.79 Å². The Morgan fingerprint density at radius 2 is 2.00 bits per heavy atom. The van der Waals surface area contributed by atoms with Crippen molar-refractivity contribution in [3.63, 3.8) is 0 Å². The van der Waals surface area contributed by atoms with Gasteiger partial charge in [0.1, 0.15) is 0 Å². The lowest BCUT2D eigenvalue weighted by molar-refractivity contribution is -0.268. The first-order valence-electron chi connectivity index (χ1n) is 8.69. The summed E-state index contributed by atoms with van der Waals surface area (Å²) in [5, 5.41) is 0. The molecular weight excluding hydrogens is 317 g/mol. The van der Waals surface area contributed by atoms with Crippen molar-refractivity contribution in [3.8, 4) is 0 Å². The van der Waals surface area contributed by atoms with Crippen LogP contribution >= 0.6 is 0 Å². The highest BCUT2D eigenvalue weighted by molar-refractivity contribution is 5.75. The molecule has 0 aromatic heterocycles. The number of esters is 1. The smallest absolute Gasteiger partial charge is 0.428 e. The molecule has 5 heteroatoms. The molecule has 1 saturated carbocycles. The van der Waals surface area contributed by atoms with Gasteiger partial charge in [0.25, 0.3) is 0 Å². The molecule has 0 spiro atoms. The van der Waals surface area contributed by atoms with E-state index in [1.165, 1.54) is 0 Å². The summed E-state index contributed by atoms with van der Waals surface area (Å²) < 4.78 is 45.7. The fourth-order valence-corrected chi connectivity index (χ4v) is 3.88. The van der Waals surface area contributed by atoms with Crippen molar-refractivity contribution >= 4 is 5.97 Å². The summed E-state index contributed by atoms with van der Waals surface area (Å²) in [5.41, 5.74) is -2.42. The lowest BCUT2D eigenvalue weighted by Crippen LogP contribution is -2.48. The van der Waals surface area contributed by atoms with Crippen LogP contribution in [-0.2, 0) is 9.53 Å². The van der Waals surface area contributed by atoms with Crippen LogP contribution in [0.1, 0.15) is 46.5 Å². The second-order valence-corrected chi connectivity index (χ2v) is 7.59. The molecule has 2 rings (SSSR count). The Kier molecular flexibility index (Phi) is 5.50. The minimum Gasteiger partial charge on any atom is -0.449 e. The monoisotopic (exact) mass is 344 g/mol. The summed E-state index contributed by atoms with van der Waals surface area (Å²) in [5.74, 6) is -0.640. The summed E-state index contributed by atoms with van der Waals surface area (Å²) >= 11 is 0. The maximum absolute atomic E-state index is 13.5. The number of alkyl halides is 3. The third-order valence-electron chi connectivity index (χ3n) is 5.77. The van der Waals surface area contributed by atoms with Gasteiger partial charge in [-0.2, -0.15) is 13.2 Å². The summed E-state index contributed by atoms with van der Waals surface area (Å²) in [6.07, 6.45) is 2.73. The first-order chi connectivity index (χ1) is 11.1. The van der Waals surface area contributed by atoms with Crippen molar-refractivity contribution in [1.82, 2.24) is 0 Å². The Morgan fingerprint density at radius 1 is 1.38 bits per heavy atom. The highest BCUT2D eigenvalue weighted by Crippen LogP contribution is 2.49. The molecule has 2 aliphatic carbocycles. The lowest BCUT2D eigenvalue weighted by Gasteiger charge is -2.34. The van der Waals surface area contributed by atoms with E-state index in [-0.39, 0.29) is 30.1 Å². The number of rotatable bonds is 7. The average Bonchev–Trinajstić information content (AvgIpc) is 3.06. The van der Waals surface area contributed by atoms with Crippen LogP contribution in [0, 0.1) is 29.6 Å². The predicted molar refractivity (Wildman–Crippen MR) is 87.2 cm³/mol. The van der Waals surface area contributed by atoms with Crippen LogP contribution in [0.2, 0.25) is 0 Å². The molecule has 0 amide bonds. The minimum absolute atomic E-state index is 0.0239. The van der Waals surface area contributed by atoms with E-state index < -0.39 is 23.7 Å². The Hall–Kier alpha value is -1.26. The molecule has 0 aromatic carbocycles. The van der Waals surface area contributed by atoms with E-state index in [4.69, 9.17) is 4.74 Å². The Morgan fingerprint density at radius 3 is 2.50 bits per heavy atom. The number of hydrogen-bond donors (Lipinski definition) is 0. The van der Waals surface area contributed by atoms with Gasteiger partial charge in [-0.25, -0.2) is 0 Å². The molecule has 6 unspecified atom stereocenters. The maximum Gasteiger partial charge on any atom is 0.428 e. The number of carbonyl (C=O) groups excluding carboxylic acids is 1. The summed E-state index contributed by atoms with van der Waals surface area (Å²) in [6, 6.07) is 0. The zero-order chi connectivity index (χ0) is 18.1. The molecule has 2 nitrogen and oxygen atoms in total. The summed E-state index contributed by atoms with van der Waals surface area (Å²) in [4.78, 5) is 12.5. The quantitative estimate of drug-likeness (QED) is 0.463. The van der Waals surface area contributed by atoms with Gasteiger partial charge < -0.3 is 4.74 Å². The van der Waals surface area contributed by atoms with Crippen molar-refractivity contribution in [3.05, 3.63) is 24.8 Å². The number of ether oxygens (including phenoxy) is 1. The summed E-state index contributed by atoms with van der Waals surface area (Å²) in [7, 11) is 0. The zero-order valence-corrected chi connectivity index (χ0v) is 14.6. The SMILES string of the molecule is C=CC(C)CCCC(C)(OC(=O)C1C2C=CC(C2)C1C)C(F)(F)F. The number of allylic oxidation sites excluding steroid dienone is 3. The molecule has 0 saturated heterocycles. The Labute approximate surface area is 142 Å². The molecule has 0 aliphatic heterocycles. The molecule has 0 aromatic rings. The molecule has 1 fully saturated rings. The molecule has 6 atom stereocenters. The van der Waals surface area contributed by atoms with Gasteiger partial charge >= 0.3 is 12.1 Å². The fourth-order valence-electron chi connectivity index (χ4n) is 3.88. The normalized spacial score (nSPS) is 32.4. The Balaban J connectivity index is 2.04. The number of hydrogen-bond acceptors (Lipinski definition) is 2. The van der Waals surface area contributed by atoms with Crippen LogP contribution in [-0.4, -0.2) is 17.7 Å². The zero-order valence-electron chi connectivity index (χ0n) is 14.6. The van der Waals surface area contributed by atoms with E-state index in [0.29, 0.717) is 12.8 Å². The van der Waals surface area contributed by atoms with Gasteiger partial charge in [-0.15, -0.1) is 6.58 Å². The summed E-state index contributed by atoms with van der Waals surface area (Å²) in [6.45, 7) is 8.48. The standard InChI is InChI=1S/C19H27F3O2/c1-5-12(2)7-6-10-18(4,19(20,21)22)24-17(23)16-13(3)14-8-9-15(16)11-14/h5,8-9,12-16H,1,6-7,10-11H2,2-4H3. The van der Waals surface area contributed by atoms with E-state index in [9.17, 15) is 18.0 Å². The molecule has 24 heavy (non-hydrogen) atoms. The molecule has 0 N–H and O–H groups in total. The van der Waals surface area contributed by atoms with Crippen molar-refractivity contribution in [1.29, 1.82) is 0 Å². The van der Waals surface area contributed by atoms with Crippen LogP contribution in [0.4, 0.5) is 13.2 Å². The molecule has 2 bridgehead atoms. The topological polar surface area (TPSA) is 26.3 Å². The fraction of sp³-hybridized carbons (Fsp3) is 0.737. The molecule has 0 heterocycles. The highest BCUT2D eigenvalue weighted by atomic mass is 19.4. The second kappa shape index (κ2) is 6.93. The average molecular weight is 344 g/mol. The van der Waals surface area contributed by atoms with Crippen LogP contribution in [0.3, 0.4) is 0 Å². The lowest BCUT2D eigenvalue weighted by atomic mass is 9.84. The molecular formula is C19H27F3O2. The molecule has 136 valence electrons. The highest BCUT2D eigenvalue weighted by Gasteiger charge is 2.56. The van der Waals surface area contributed by atoms with Gasteiger partial charge in [0.05, 0.1) is 5.92 Å². The van der Waals surface area contributed by atoms with Crippen molar-refractivity contribution in [2.45, 2.75) is 58.2 Å². The van der Waals surface area contributed by atoms with Crippen LogP contribution in [0.5, 0.6) is 0 Å². The first kappa shape index (κ1) is 19.1. The number of halogens is 3. The van der Waals surface area contributed by atoms with Crippen molar-refractivity contribution < 1.29 is 22.7 Å². The van der Waals surface area contributed by atoms with Gasteiger partial charge in [0, 0.05) is 0 Å². The van der Waals surface area contributed by atoms with E-state index in [2.05, 4.69) is 12.7 Å². The van der Waals surface area contributed by atoms with Gasteiger partial charge in [0.2, 0.25) is 5.60 Å². The Bertz CT molecular complexity index is 511. The third kappa shape index (κ3) is 3.70. The predicted octanol–water partition coefficient (Wildman–Crippen LogP) is 5.30. The number of fused-ring (bicyclic) bond motifs is 2. The van der Waals surface area contributed by atoms with E-state index in [1.54, 1.807) is 6.08 Å². The molecule has 0 radical (unpaired) electrons. The van der Waals surface area contributed by atoms with Crippen LogP contribution in [0.15, 0.2) is 24.8 Å². The number of carbonyl (C=O) groups is 1. The van der Waals surface area contributed by atoms with Crippen molar-refractivity contribution in [2.75, 3.05) is 0 Å². The van der Waals surface area contributed by atoms with Crippen molar-refractivity contribution in [2.24, 2.45) is 29.6 Å². The maximum atomic E-state index is 13.5. The van der Waals surface area contributed by atoms with Gasteiger partial charge in [-0.1, -0.05) is 32.1 Å². The third-order valence-corrected chi connectivity index (χ3v) is 5.77. The van der Waals surface area contributed by atoms with Gasteiger partial charge in [-0.05, 0) is 56.3 Å². The molecule has 2 aliphatic rings. The van der Waals surface area contributed by atoms with Crippen LogP contribution < -0.4 is 0 Å². The van der Waals surface area contributed by atoms with E-state index in [0.717, 1.165) is 13.3 Å².